The maximum Gasteiger partial charge on any atom is 0.317 e. The minimum atomic E-state index is -0.0859. The van der Waals surface area contributed by atoms with Crippen LogP contribution in [0.4, 0.5) is 0 Å². The van der Waals surface area contributed by atoms with Crippen LogP contribution >= 0.6 is 0 Å². The van der Waals surface area contributed by atoms with Gasteiger partial charge in [-0.15, -0.1) is 0 Å². The second kappa shape index (κ2) is 6.63. The lowest BCUT2D eigenvalue weighted by Crippen LogP contribution is -2.44. The fourth-order valence-corrected chi connectivity index (χ4v) is 3.13. The van der Waals surface area contributed by atoms with Crippen LogP contribution in [0.5, 0.6) is 6.01 Å². The normalized spacial score (nSPS) is 17.8. The molecule has 1 atom stereocenters. The third-order valence-corrected chi connectivity index (χ3v) is 4.17. The highest BCUT2D eigenvalue weighted by molar-refractivity contribution is 5.95. The van der Waals surface area contributed by atoms with Crippen LogP contribution in [0, 0.1) is 27.7 Å². The van der Waals surface area contributed by atoms with Crippen molar-refractivity contribution in [1.29, 1.82) is 0 Å². The topological polar surface area (TPSA) is 68.5 Å². The summed E-state index contributed by atoms with van der Waals surface area (Å²) in [5.41, 5.74) is 2.40. The molecule has 6 nitrogen and oxygen atoms in total. The van der Waals surface area contributed by atoms with Gasteiger partial charge in [0, 0.05) is 17.9 Å². The first-order valence-corrected chi connectivity index (χ1v) is 8.27. The molecule has 2 aromatic rings. The van der Waals surface area contributed by atoms with E-state index in [0.717, 1.165) is 36.5 Å². The summed E-state index contributed by atoms with van der Waals surface area (Å²) in [6.45, 7) is 8.78. The van der Waals surface area contributed by atoms with Crippen molar-refractivity contribution in [2.24, 2.45) is 0 Å². The molecule has 3 heterocycles. The van der Waals surface area contributed by atoms with E-state index in [1.807, 2.05) is 38.7 Å². The van der Waals surface area contributed by atoms with E-state index in [1.54, 1.807) is 6.07 Å². The zero-order chi connectivity index (χ0) is 17.3. The van der Waals surface area contributed by atoms with Gasteiger partial charge in [-0.3, -0.25) is 4.79 Å². The lowest BCUT2D eigenvalue weighted by Gasteiger charge is -2.32. The zero-order valence-electron chi connectivity index (χ0n) is 14.6. The van der Waals surface area contributed by atoms with E-state index in [0.29, 0.717) is 23.9 Å². The molecule has 0 spiro atoms. The molecule has 1 saturated heterocycles. The van der Waals surface area contributed by atoms with Gasteiger partial charge in [0.25, 0.3) is 5.91 Å². The van der Waals surface area contributed by atoms with E-state index in [4.69, 9.17) is 9.15 Å². The van der Waals surface area contributed by atoms with Crippen molar-refractivity contribution in [1.82, 2.24) is 14.9 Å². The highest BCUT2D eigenvalue weighted by atomic mass is 16.5. The molecular weight excluding hydrogens is 306 g/mol. The van der Waals surface area contributed by atoms with Crippen LogP contribution in [0.25, 0.3) is 0 Å². The highest BCUT2D eigenvalue weighted by Crippen LogP contribution is 2.21. The highest BCUT2D eigenvalue weighted by Gasteiger charge is 2.28. The van der Waals surface area contributed by atoms with Gasteiger partial charge in [0.2, 0.25) is 0 Å². The second-order valence-corrected chi connectivity index (χ2v) is 6.39. The van der Waals surface area contributed by atoms with Crippen molar-refractivity contribution in [2.45, 2.75) is 46.6 Å². The molecule has 1 fully saturated rings. The summed E-state index contributed by atoms with van der Waals surface area (Å²) >= 11 is 0. The molecule has 2 aromatic heterocycles. The standard InChI is InChI=1S/C18H23N3O3/c1-11-8-12(2)20-18(19-11)24-15-6-5-7-21(10-15)17(22)16-9-13(3)23-14(16)4/h8-9,15H,5-7,10H2,1-4H3. The average molecular weight is 329 g/mol. The number of nitrogens with zero attached hydrogens (tertiary/aromatic N) is 3. The van der Waals surface area contributed by atoms with Crippen LogP contribution in [0.3, 0.4) is 0 Å². The number of piperidine rings is 1. The Labute approximate surface area is 141 Å². The molecule has 1 unspecified atom stereocenters. The largest absolute Gasteiger partial charge is 0.466 e. The van der Waals surface area contributed by atoms with Gasteiger partial charge in [0.05, 0.1) is 12.1 Å². The second-order valence-electron chi connectivity index (χ2n) is 6.39. The maximum absolute atomic E-state index is 12.7. The van der Waals surface area contributed by atoms with Crippen molar-refractivity contribution in [3.8, 4) is 6.01 Å². The van der Waals surface area contributed by atoms with Gasteiger partial charge in [-0.1, -0.05) is 0 Å². The lowest BCUT2D eigenvalue weighted by atomic mass is 10.1. The Balaban J connectivity index is 1.70. The van der Waals surface area contributed by atoms with Crippen molar-refractivity contribution < 1.29 is 13.9 Å². The summed E-state index contributed by atoms with van der Waals surface area (Å²) in [7, 11) is 0. The van der Waals surface area contributed by atoms with E-state index in [1.165, 1.54) is 0 Å². The van der Waals surface area contributed by atoms with Crippen LogP contribution in [0.2, 0.25) is 0 Å². The summed E-state index contributed by atoms with van der Waals surface area (Å²) < 4.78 is 11.4. The molecule has 24 heavy (non-hydrogen) atoms. The molecule has 3 rings (SSSR count). The Morgan fingerprint density at radius 3 is 2.54 bits per heavy atom. The number of likely N-dealkylation sites (tertiary alicyclic amines) is 1. The Kier molecular flexibility index (Phi) is 4.55. The molecule has 6 heteroatoms. The summed E-state index contributed by atoms with van der Waals surface area (Å²) in [5.74, 6) is 1.42. The number of aryl methyl sites for hydroxylation is 4. The smallest absolute Gasteiger partial charge is 0.317 e. The Hall–Kier alpha value is -2.37. The third-order valence-electron chi connectivity index (χ3n) is 4.17. The monoisotopic (exact) mass is 329 g/mol. The van der Waals surface area contributed by atoms with Crippen molar-refractivity contribution >= 4 is 5.91 Å². The number of rotatable bonds is 3. The molecule has 1 amide bonds. The Morgan fingerprint density at radius 1 is 1.21 bits per heavy atom. The fourth-order valence-electron chi connectivity index (χ4n) is 3.13. The molecule has 0 aliphatic carbocycles. The molecule has 0 saturated carbocycles. The van der Waals surface area contributed by atoms with Crippen LogP contribution in [-0.2, 0) is 0 Å². The molecule has 128 valence electrons. The minimum Gasteiger partial charge on any atom is -0.466 e. The molecule has 0 N–H and O–H groups in total. The van der Waals surface area contributed by atoms with E-state index in [-0.39, 0.29) is 12.0 Å². The Bertz CT molecular complexity index is 734. The van der Waals surface area contributed by atoms with Crippen LogP contribution < -0.4 is 4.74 Å². The molecule has 0 radical (unpaired) electrons. The van der Waals surface area contributed by atoms with Gasteiger partial charge in [-0.05, 0) is 52.7 Å². The first-order chi connectivity index (χ1) is 11.4. The number of ether oxygens (including phenoxy) is 1. The van der Waals surface area contributed by atoms with Crippen LogP contribution in [-0.4, -0.2) is 40.0 Å². The first kappa shape index (κ1) is 16.5. The number of carbonyl (C=O) groups excluding carboxylic acids is 1. The molecular formula is C18H23N3O3. The fraction of sp³-hybridized carbons (Fsp3) is 0.500. The summed E-state index contributed by atoms with van der Waals surface area (Å²) in [4.78, 5) is 23.2. The minimum absolute atomic E-state index is 0.000934. The quantitative estimate of drug-likeness (QED) is 0.866. The third kappa shape index (κ3) is 3.58. The summed E-state index contributed by atoms with van der Waals surface area (Å²) in [5, 5.41) is 0. The van der Waals surface area contributed by atoms with Crippen LogP contribution in [0.15, 0.2) is 16.5 Å². The molecule has 1 aliphatic heterocycles. The van der Waals surface area contributed by atoms with Gasteiger partial charge >= 0.3 is 6.01 Å². The number of carbonyl (C=O) groups is 1. The van der Waals surface area contributed by atoms with E-state index in [9.17, 15) is 4.79 Å². The summed E-state index contributed by atoms with van der Waals surface area (Å²) in [6, 6.07) is 4.10. The Morgan fingerprint density at radius 2 is 1.92 bits per heavy atom. The maximum atomic E-state index is 12.7. The van der Waals surface area contributed by atoms with Gasteiger partial charge in [0.15, 0.2) is 0 Å². The SMILES string of the molecule is Cc1cc(C)nc(OC2CCCN(C(=O)c3cc(C)oc3C)C2)n1. The van der Waals surface area contributed by atoms with Gasteiger partial charge in [0.1, 0.15) is 17.6 Å². The van der Waals surface area contributed by atoms with Crippen LogP contribution in [0.1, 0.15) is 46.1 Å². The molecule has 0 bridgehead atoms. The first-order valence-electron chi connectivity index (χ1n) is 8.27. The molecule has 1 aliphatic rings. The number of hydrogen-bond acceptors (Lipinski definition) is 5. The van der Waals surface area contributed by atoms with Crippen molar-refractivity contribution in [3.05, 3.63) is 40.6 Å². The van der Waals surface area contributed by atoms with Gasteiger partial charge in [-0.25, -0.2) is 9.97 Å². The van der Waals surface area contributed by atoms with E-state index in [2.05, 4.69) is 9.97 Å². The van der Waals surface area contributed by atoms with E-state index < -0.39 is 0 Å². The summed E-state index contributed by atoms with van der Waals surface area (Å²) in [6.07, 6.45) is 1.71. The lowest BCUT2D eigenvalue weighted by molar-refractivity contribution is 0.0513. The van der Waals surface area contributed by atoms with Gasteiger partial charge < -0.3 is 14.1 Å². The van der Waals surface area contributed by atoms with Crippen molar-refractivity contribution in [2.75, 3.05) is 13.1 Å². The van der Waals surface area contributed by atoms with Gasteiger partial charge in [-0.2, -0.15) is 0 Å². The number of furan rings is 1. The number of aromatic nitrogens is 2. The average Bonchev–Trinajstić information content (AvgIpc) is 2.84. The number of hydrogen-bond donors (Lipinski definition) is 0. The van der Waals surface area contributed by atoms with Crippen molar-refractivity contribution in [3.63, 3.8) is 0 Å². The zero-order valence-corrected chi connectivity index (χ0v) is 14.6. The number of amides is 1. The van der Waals surface area contributed by atoms with E-state index >= 15 is 0 Å². The molecule has 0 aromatic carbocycles. The predicted octanol–water partition coefficient (Wildman–Crippen LogP) is 2.99. The predicted molar refractivity (Wildman–Crippen MR) is 89.2 cm³/mol.